The summed E-state index contributed by atoms with van der Waals surface area (Å²) in [5.74, 6) is 6.85. The first-order chi connectivity index (χ1) is 7.62. The zero-order chi connectivity index (χ0) is 11.5. The SMILES string of the molecule is C[N+]1(CC#CC[N+]2(C)CCCC2)CCCC1. The summed E-state index contributed by atoms with van der Waals surface area (Å²) >= 11 is 0. The van der Waals surface area contributed by atoms with E-state index >= 15 is 0 Å². The van der Waals surface area contributed by atoms with E-state index in [-0.39, 0.29) is 0 Å². The predicted octanol–water partition coefficient (Wildman–Crippen LogP) is 1.47. The van der Waals surface area contributed by atoms with E-state index < -0.39 is 0 Å². The van der Waals surface area contributed by atoms with Crippen LogP contribution in [0.4, 0.5) is 0 Å². The lowest BCUT2D eigenvalue weighted by atomic mass is 10.4. The van der Waals surface area contributed by atoms with Crippen molar-refractivity contribution < 1.29 is 8.97 Å². The van der Waals surface area contributed by atoms with Crippen molar-refractivity contribution in [1.82, 2.24) is 0 Å². The summed E-state index contributed by atoms with van der Waals surface area (Å²) in [7, 11) is 4.71. The zero-order valence-electron chi connectivity index (χ0n) is 11.0. The minimum atomic E-state index is 1.07. The molecule has 0 spiro atoms. The van der Waals surface area contributed by atoms with Gasteiger partial charge in [0.25, 0.3) is 0 Å². The molecule has 0 amide bonds. The van der Waals surface area contributed by atoms with Gasteiger partial charge in [0.05, 0.1) is 40.3 Å². The summed E-state index contributed by atoms with van der Waals surface area (Å²) in [6.07, 6.45) is 5.58. The van der Waals surface area contributed by atoms with Crippen molar-refractivity contribution in [2.75, 3.05) is 53.4 Å². The maximum absolute atomic E-state index is 3.43. The number of hydrogen-bond donors (Lipinski definition) is 0. The fourth-order valence-electron chi connectivity index (χ4n) is 3.01. The summed E-state index contributed by atoms with van der Waals surface area (Å²) in [4.78, 5) is 0. The molecule has 2 rings (SSSR count). The first-order valence-corrected chi connectivity index (χ1v) is 6.75. The highest BCUT2D eigenvalue weighted by atomic mass is 15.3. The quantitative estimate of drug-likeness (QED) is 0.490. The smallest absolute Gasteiger partial charge is 0.140 e. The summed E-state index contributed by atoms with van der Waals surface area (Å²) in [6.45, 7) is 7.48. The van der Waals surface area contributed by atoms with E-state index in [0.717, 1.165) is 13.1 Å². The lowest BCUT2D eigenvalue weighted by Gasteiger charge is -2.27. The fraction of sp³-hybridized carbons (Fsp3) is 0.857. The van der Waals surface area contributed by atoms with E-state index in [4.69, 9.17) is 0 Å². The molecule has 0 bridgehead atoms. The van der Waals surface area contributed by atoms with Crippen LogP contribution in [0.5, 0.6) is 0 Å². The molecule has 0 unspecified atom stereocenters. The molecule has 0 radical (unpaired) electrons. The summed E-state index contributed by atoms with van der Waals surface area (Å²) < 4.78 is 2.38. The van der Waals surface area contributed by atoms with E-state index in [1.807, 2.05) is 0 Å². The molecule has 0 N–H and O–H groups in total. The van der Waals surface area contributed by atoms with Crippen molar-refractivity contribution in [3.63, 3.8) is 0 Å². The van der Waals surface area contributed by atoms with Crippen LogP contribution >= 0.6 is 0 Å². The number of hydrogen-bond acceptors (Lipinski definition) is 0. The predicted molar refractivity (Wildman–Crippen MR) is 67.8 cm³/mol. The van der Waals surface area contributed by atoms with Gasteiger partial charge in [-0.05, 0) is 11.8 Å². The molecular weight excluding hydrogens is 196 g/mol. The maximum Gasteiger partial charge on any atom is 0.140 e. The van der Waals surface area contributed by atoms with Gasteiger partial charge in [-0.1, -0.05) is 0 Å². The van der Waals surface area contributed by atoms with Gasteiger partial charge in [-0.3, -0.25) is 0 Å². The van der Waals surface area contributed by atoms with E-state index in [2.05, 4.69) is 25.9 Å². The molecule has 90 valence electrons. The van der Waals surface area contributed by atoms with E-state index in [0.29, 0.717) is 0 Å². The third-order valence-electron chi connectivity index (χ3n) is 4.34. The molecule has 0 aromatic carbocycles. The van der Waals surface area contributed by atoms with Gasteiger partial charge in [-0.15, -0.1) is 0 Å². The molecule has 2 aliphatic rings. The van der Waals surface area contributed by atoms with Gasteiger partial charge in [-0.25, -0.2) is 0 Å². The number of nitrogens with zero attached hydrogens (tertiary/aromatic N) is 2. The van der Waals surface area contributed by atoms with Gasteiger partial charge >= 0.3 is 0 Å². The lowest BCUT2D eigenvalue weighted by molar-refractivity contribution is -0.892. The van der Waals surface area contributed by atoms with Crippen LogP contribution in [0.3, 0.4) is 0 Å². The molecule has 0 aliphatic carbocycles. The highest BCUT2D eigenvalue weighted by molar-refractivity contribution is 4.99. The van der Waals surface area contributed by atoms with Crippen molar-refractivity contribution in [1.29, 1.82) is 0 Å². The van der Waals surface area contributed by atoms with Crippen LogP contribution in [0.1, 0.15) is 25.7 Å². The third kappa shape index (κ3) is 2.99. The topological polar surface area (TPSA) is 0 Å². The molecular formula is C14H26N2+2. The lowest BCUT2D eigenvalue weighted by Crippen LogP contribution is -2.42. The van der Waals surface area contributed by atoms with E-state index in [1.54, 1.807) is 0 Å². The van der Waals surface area contributed by atoms with Crippen molar-refractivity contribution in [2.24, 2.45) is 0 Å². The summed E-state index contributed by atoms with van der Waals surface area (Å²) in [5.41, 5.74) is 0. The minimum Gasteiger partial charge on any atom is -0.316 e. The van der Waals surface area contributed by atoms with Crippen molar-refractivity contribution in [3.8, 4) is 11.8 Å². The van der Waals surface area contributed by atoms with E-state index in [1.165, 1.54) is 60.8 Å². The van der Waals surface area contributed by atoms with Crippen molar-refractivity contribution in [2.45, 2.75) is 25.7 Å². The van der Waals surface area contributed by atoms with Crippen LogP contribution < -0.4 is 0 Å². The monoisotopic (exact) mass is 222 g/mol. The molecule has 0 aromatic rings. The standard InChI is InChI=1S/C14H26N2/c1-15(9-3-4-10-15)13-7-8-14-16(2)11-5-6-12-16/h3-6,9-14H2,1-2H3/q+2. The molecule has 2 nitrogen and oxygen atoms in total. The number of likely N-dealkylation sites (tertiary alicyclic amines) is 2. The molecule has 0 saturated carbocycles. The Hall–Kier alpha value is -0.520. The minimum absolute atomic E-state index is 1.07. The molecule has 16 heavy (non-hydrogen) atoms. The second-order valence-corrected chi connectivity index (χ2v) is 6.22. The molecule has 0 atom stereocenters. The average molecular weight is 222 g/mol. The van der Waals surface area contributed by atoms with Gasteiger partial charge in [-0.2, -0.15) is 0 Å². The largest absolute Gasteiger partial charge is 0.316 e. The van der Waals surface area contributed by atoms with Gasteiger partial charge < -0.3 is 8.97 Å². The van der Waals surface area contributed by atoms with Crippen LogP contribution in [0.15, 0.2) is 0 Å². The fourth-order valence-corrected chi connectivity index (χ4v) is 3.01. The Kier molecular flexibility index (Phi) is 3.56. The van der Waals surface area contributed by atoms with Crippen molar-refractivity contribution >= 4 is 0 Å². The first kappa shape index (κ1) is 12.0. The van der Waals surface area contributed by atoms with Gasteiger partial charge in [0.2, 0.25) is 0 Å². The summed E-state index contributed by atoms with van der Waals surface area (Å²) in [5, 5.41) is 0. The van der Waals surface area contributed by atoms with Crippen LogP contribution in [0.2, 0.25) is 0 Å². The number of quaternary nitrogens is 2. The van der Waals surface area contributed by atoms with Gasteiger partial charge in [0.15, 0.2) is 0 Å². The zero-order valence-corrected chi connectivity index (χ0v) is 11.0. The van der Waals surface area contributed by atoms with Gasteiger partial charge in [0, 0.05) is 25.7 Å². The Labute approximate surface area is 100 Å². The molecule has 2 heteroatoms. The second-order valence-electron chi connectivity index (χ2n) is 6.22. The maximum atomic E-state index is 3.43. The Balaban J connectivity index is 1.77. The van der Waals surface area contributed by atoms with E-state index in [9.17, 15) is 0 Å². The average Bonchev–Trinajstić information content (AvgIpc) is 2.84. The highest BCUT2D eigenvalue weighted by Gasteiger charge is 2.26. The van der Waals surface area contributed by atoms with Gasteiger partial charge in [0.1, 0.15) is 13.1 Å². The van der Waals surface area contributed by atoms with Crippen LogP contribution in [0.25, 0.3) is 0 Å². The van der Waals surface area contributed by atoms with Crippen LogP contribution in [0, 0.1) is 11.8 Å². The van der Waals surface area contributed by atoms with Crippen LogP contribution in [-0.2, 0) is 0 Å². The Bertz CT molecular complexity index is 258. The third-order valence-corrected chi connectivity index (χ3v) is 4.34. The molecule has 2 heterocycles. The van der Waals surface area contributed by atoms with Crippen molar-refractivity contribution in [3.05, 3.63) is 0 Å². The number of rotatable bonds is 2. The second kappa shape index (κ2) is 4.77. The molecule has 2 aliphatic heterocycles. The Morgan fingerprint density at radius 1 is 0.688 bits per heavy atom. The Morgan fingerprint density at radius 3 is 1.31 bits per heavy atom. The Morgan fingerprint density at radius 2 is 1.00 bits per heavy atom. The normalized spacial score (nSPS) is 26.4. The first-order valence-electron chi connectivity index (χ1n) is 6.75. The molecule has 2 fully saturated rings. The van der Waals surface area contributed by atoms with Crippen LogP contribution in [-0.4, -0.2) is 62.3 Å². The molecule has 2 saturated heterocycles. The summed E-state index contributed by atoms with van der Waals surface area (Å²) in [6, 6.07) is 0. The molecule has 0 aromatic heterocycles. The highest BCUT2D eigenvalue weighted by Crippen LogP contribution is 2.16.